The molecule has 0 aromatic heterocycles. The molecule has 0 saturated heterocycles. The maximum Gasteiger partial charge on any atom is 0.307 e. The summed E-state index contributed by atoms with van der Waals surface area (Å²) >= 11 is 0. The van der Waals surface area contributed by atoms with E-state index in [4.69, 9.17) is 14.6 Å². The minimum atomic E-state index is -0.880. The maximum absolute atomic E-state index is 10.9. The molecule has 0 aliphatic carbocycles. The average Bonchev–Trinajstić information content (AvgIpc) is 2.38. The number of ether oxygens (including phenoxy) is 2. The number of benzene rings is 1. The Morgan fingerprint density at radius 2 is 2.05 bits per heavy atom. The van der Waals surface area contributed by atoms with Crippen LogP contribution in [0.4, 0.5) is 0 Å². The molecule has 2 atom stereocenters. The van der Waals surface area contributed by atoms with Crippen molar-refractivity contribution in [3.8, 4) is 11.5 Å². The Morgan fingerprint density at radius 1 is 1.37 bits per heavy atom. The fraction of sp³-hybridized carbons (Fsp3) is 0.533. The molecule has 4 nitrogen and oxygen atoms in total. The van der Waals surface area contributed by atoms with Crippen LogP contribution in [-0.2, 0) is 11.2 Å². The first-order chi connectivity index (χ1) is 8.99. The Morgan fingerprint density at radius 3 is 2.58 bits per heavy atom. The summed E-state index contributed by atoms with van der Waals surface area (Å²) < 4.78 is 11.2. The molecule has 19 heavy (non-hydrogen) atoms. The summed E-state index contributed by atoms with van der Waals surface area (Å²) in [6.07, 6.45) is 0.943. The predicted molar refractivity (Wildman–Crippen MR) is 73.9 cm³/mol. The predicted octanol–water partition coefficient (Wildman–Crippen LogP) is 3.14. The highest BCUT2D eigenvalue weighted by atomic mass is 16.5. The molecule has 0 radical (unpaired) electrons. The summed E-state index contributed by atoms with van der Waals surface area (Å²) in [5.41, 5.74) is 0.641. The normalized spacial score (nSPS) is 13.7. The summed E-state index contributed by atoms with van der Waals surface area (Å²) in [5, 5.41) is 8.95. The zero-order valence-electron chi connectivity index (χ0n) is 12.0. The number of rotatable bonds is 7. The highest BCUT2D eigenvalue weighted by Gasteiger charge is 2.18. The highest BCUT2D eigenvalue weighted by molar-refractivity contribution is 5.72. The van der Waals surface area contributed by atoms with Gasteiger partial charge in [-0.15, -0.1) is 0 Å². The van der Waals surface area contributed by atoms with Gasteiger partial charge in [-0.2, -0.15) is 0 Å². The van der Waals surface area contributed by atoms with Crippen molar-refractivity contribution < 1.29 is 19.4 Å². The quantitative estimate of drug-likeness (QED) is 0.823. The van der Waals surface area contributed by atoms with Crippen molar-refractivity contribution in [1.82, 2.24) is 0 Å². The molecule has 0 amide bonds. The first kappa shape index (κ1) is 15.3. The summed E-state index contributed by atoms with van der Waals surface area (Å²) in [5.74, 6) is 0.631. The van der Waals surface area contributed by atoms with Crippen molar-refractivity contribution in [3.05, 3.63) is 23.8 Å². The van der Waals surface area contributed by atoms with Gasteiger partial charge in [-0.25, -0.2) is 0 Å². The van der Waals surface area contributed by atoms with E-state index in [1.165, 1.54) is 0 Å². The van der Waals surface area contributed by atoms with Crippen LogP contribution in [0.1, 0.15) is 32.8 Å². The third kappa shape index (κ3) is 4.16. The zero-order valence-corrected chi connectivity index (χ0v) is 12.0. The zero-order chi connectivity index (χ0) is 14.4. The number of hydrogen-bond acceptors (Lipinski definition) is 3. The Balaban J connectivity index is 3.04. The molecule has 0 bridgehead atoms. The van der Waals surface area contributed by atoms with Crippen LogP contribution in [0.5, 0.6) is 11.5 Å². The van der Waals surface area contributed by atoms with Gasteiger partial charge in [0.25, 0.3) is 0 Å². The molecule has 0 saturated carbocycles. The van der Waals surface area contributed by atoms with Crippen molar-refractivity contribution in [2.75, 3.05) is 7.11 Å². The van der Waals surface area contributed by atoms with Crippen LogP contribution in [-0.4, -0.2) is 24.3 Å². The SMILES string of the molecule is CCC(C)C(C)Oc1c(CC(=O)O)cccc1OC. The topological polar surface area (TPSA) is 55.8 Å². The van der Waals surface area contributed by atoms with Crippen LogP contribution in [0.25, 0.3) is 0 Å². The number of aliphatic carboxylic acids is 1. The Kier molecular flexibility index (Phi) is 5.67. The van der Waals surface area contributed by atoms with Crippen molar-refractivity contribution in [3.63, 3.8) is 0 Å². The second-order valence-electron chi connectivity index (χ2n) is 4.73. The first-order valence-corrected chi connectivity index (χ1v) is 6.53. The lowest BCUT2D eigenvalue weighted by Gasteiger charge is -2.23. The number of carboxylic acids is 1. The molecule has 1 aromatic carbocycles. The number of carboxylic acid groups (broad SMARTS) is 1. The Bertz CT molecular complexity index is 428. The van der Waals surface area contributed by atoms with Gasteiger partial charge in [0.1, 0.15) is 0 Å². The fourth-order valence-corrected chi connectivity index (χ4v) is 1.79. The van der Waals surface area contributed by atoms with Crippen molar-refractivity contribution in [1.29, 1.82) is 0 Å². The van der Waals surface area contributed by atoms with Crippen LogP contribution in [0.15, 0.2) is 18.2 Å². The van der Waals surface area contributed by atoms with Gasteiger partial charge >= 0.3 is 5.97 Å². The molecular formula is C15H22O4. The van der Waals surface area contributed by atoms with Gasteiger partial charge in [0, 0.05) is 5.56 Å². The van der Waals surface area contributed by atoms with E-state index in [2.05, 4.69) is 13.8 Å². The molecule has 0 heterocycles. The fourth-order valence-electron chi connectivity index (χ4n) is 1.79. The van der Waals surface area contributed by atoms with Crippen LogP contribution >= 0.6 is 0 Å². The summed E-state index contributed by atoms with van der Waals surface area (Å²) in [6, 6.07) is 5.32. The Hall–Kier alpha value is -1.71. The smallest absolute Gasteiger partial charge is 0.307 e. The van der Waals surface area contributed by atoms with Gasteiger partial charge in [0.05, 0.1) is 19.6 Å². The van der Waals surface area contributed by atoms with E-state index in [1.54, 1.807) is 25.3 Å². The largest absolute Gasteiger partial charge is 0.493 e. The molecule has 0 spiro atoms. The molecule has 4 heteroatoms. The van der Waals surface area contributed by atoms with Gasteiger partial charge in [-0.3, -0.25) is 4.79 Å². The third-order valence-corrected chi connectivity index (χ3v) is 3.37. The van der Waals surface area contributed by atoms with Crippen LogP contribution < -0.4 is 9.47 Å². The van der Waals surface area contributed by atoms with Crippen molar-refractivity contribution in [2.45, 2.75) is 39.7 Å². The first-order valence-electron chi connectivity index (χ1n) is 6.53. The lowest BCUT2D eigenvalue weighted by atomic mass is 10.0. The van der Waals surface area contributed by atoms with Gasteiger partial charge in [-0.1, -0.05) is 32.4 Å². The van der Waals surface area contributed by atoms with Gasteiger partial charge in [0.2, 0.25) is 0 Å². The second-order valence-corrected chi connectivity index (χ2v) is 4.73. The van der Waals surface area contributed by atoms with Crippen molar-refractivity contribution >= 4 is 5.97 Å². The van der Waals surface area contributed by atoms with Gasteiger partial charge in [0.15, 0.2) is 11.5 Å². The van der Waals surface area contributed by atoms with Crippen LogP contribution in [0.2, 0.25) is 0 Å². The van der Waals surface area contributed by atoms with E-state index in [0.717, 1.165) is 6.42 Å². The summed E-state index contributed by atoms with van der Waals surface area (Å²) in [7, 11) is 1.56. The maximum atomic E-state index is 10.9. The third-order valence-electron chi connectivity index (χ3n) is 3.37. The van der Waals surface area contributed by atoms with E-state index in [1.807, 2.05) is 6.92 Å². The van der Waals surface area contributed by atoms with E-state index < -0.39 is 5.97 Å². The molecule has 1 N–H and O–H groups in total. The minimum Gasteiger partial charge on any atom is -0.493 e. The molecule has 0 aliphatic heterocycles. The lowest BCUT2D eigenvalue weighted by Crippen LogP contribution is -2.22. The van der Waals surface area contributed by atoms with E-state index in [0.29, 0.717) is 23.0 Å². The molecule has 106 valence electrons. The molecule has 1 rings (SSSR count). The molecular weight excluding hydrogens is 244 g/mol. The summed E-state index contributed by atoms with van der Waals surface area (Å²) in [6.45, 7) is 6.20. The number of hydrogen-bond donors (Lipinski definition) is 1. The van der Waals surface area contributed by atoms with Gasteiger partial charge < -0.3 is 14.6 Å². The minimum absolute atomic E-state index is 0.00819. The number of carbonyl (C=O) groups is 1. The Labute approximate surface area is 114 Å². The van der Waals surface area contributed by atoms with Gasteiger partial charge in [-0.05, 0) is 18.9 Å². The van der Waals surface area contributed by atoms with Crippen LogP contribution in [0.3, 0.4) is 0 Å². The van der Waals surface area contributed by atoms with E-state index >= 15 is 0 Å². The molecule has 2 unspecified atom stereocenters. The molecule has 1 aromatic rings. The van der Waals surface area contributed by atoms with E-state index in [-0.39, 0.29) is 12.5 Å². The monoisotopic (exact) mass is 266 g/mol. The highest BCUT2D eigenvalue weighted by Crippen LogP contribution is 2.33. The lowest BCUT2D eigenvalue weighted by molar-refractivity contribution is -0.136. The molecule has 0 aliphatic rings. The van der Waals surface area contributed by atoms with E-state index in [9.17, 15) is 4.79 Å². The van der Waals surface area contributed by atoms with Crippen molar-refractivity contribution in [2.24, 2.45) is 5.92 Å². The number of para-hydroxylation sites is 1. The summed E-state index contributed by atoms with van der Waals surface area (Å²) in [4.78, 5) is 10.9. The second kappa shape index (κ2) is 7.02. The van der Waals surface area contributed by atoms with Crippen LogP contribution in [0, 0.1) is 5.92 Å². The standard InChI is InChI=1S/C15H22O4/c1-5-10(2)11(3)19-15-12(9-14(16)17)7-6-8-13(15)18-4/h6-8,10-11H,5,9H2,1-4H3,(H,16,17). The average molecular weight is 266 g/mol. The molecule has 0 fully saturated rings. The number of methoxy groups -OCH3 is 1.